The highest BCUT2D eigenvalue weighted by Crippen LogP contribution is 2.36. The van der Waals surface area contributed by atoms with E-state index in [2.05, 4.69) is 46.1 Å². The summed E-state index contributed by atoms with van der Waals surface area (Å²) in [4.78, 5) is 26.2. The number of aryl methyl sites for hydroxylation is 2. The number of pyridine rings is 1. The fraction of sp³-hybridized carbons (Fsp3) is 0.105. The van der Waals surface area contributed by atoms with E-state index in [1.807, 2.05) is 19.1 Å². The molecular formula is C19H15N3OS. The Hall–Kier alpha value is -2.79. The lowest BCUT2D eigenvalue weighted by atomic mass is 10.0. The second-order valence-electron chi connectivity index (χ2n) is 5.74. The van der Waals surface area contributed by atoms with Crippen molar-refractivity contribution in [2.75, 3.05) is 0 Å². The van der Waals surface area contributed by atoms with E-state index in [0.717, 1.165) is 26.4 Å². The normalized spacial score (nSPS) is 11.1. The van der Waals surface area contributed by atoms with Crippen LogP contribution in [0.2, 0.25) is 0 Å². The molecule has 0 bridgehead atoms. The Kier molecular flexibility index (Phi) is 3.50. The van der Waals surface area contributed by atoms with Gasteiger partial charge in [-0.3, -0.25) is 9.78 Å². The van der Waals surface area contributed by atoms with Crippen LogP contribution in [0, 0.1) is 13.8 Å². The van der Waals surface area contributed by atoms with Gasteiger partial charge < -0.3 is 4.98 Å². The van der Waals surface area contributed by atoms with Crippen LogP contribution in [0.15, 0.2) is 53.6 Å². The molecule has 0 spiro atoms. The van der Waals surface area contributed by atoms with Gasteiger partial charge in [-0.05, 0) is 31.5 Å². The SMILES string of the molecule is Cc1ccc(-c2c(C)sc3nc(-c4cccnc4)[nH]c(=O)c23)cc1. The number of nitrogens with zero attached hydrogens (tertiary/aromatic N) is 2. The van der Waals surface area contributed by atoms with Crippen molar-refractivity contribution in [3.63, 3.8) is 0 Å². The average Bonchev–Trinajstić information content (AvgIpc) is 2.93. The van der Waals surface area contributed by atoms with E-state index < -0.39 is 0 Å². The Morgan fingerprint density at radius 2 is 1.83 bits per heavy atom. The van der Waals surface area contributed by atoms with Gasteiger partial charge in [0.1, 0.15) is 10.7 Å². The van der Waals surface area contributed by atoms with Crippen LogP contribution in [0.3, 0.4) is 0 Å². The third kappa shape index (κ3) is 2.43. The molecule has 0 aliphatic rings. The molecule has 0 saturated heterocycles. The van der Waals surface area contributed by atoms with Crippen molar-refractivity contribution in [2.24, 2.45) is 0 Å². The van der Waals surface area contributed by atoms with E-state index >= 15 is 0 Å². The van der Waals surface area contributed by atoms with Crippen molar-refractivity contribution in [1.82, 2.24) is 15.0 Å². The van der Waals surface area contributed by atoms with E-state index in [4.69, 9.17) is 0 Å². The van der Waals surface area contributed by atoms with Gasteiger partial charge >= 0.3 is 0 Å². The largest absolute Gasteiger partial charge is 0.306 e. The molecule has 5 heteroatoms. The maximum atomic E-state index is 12.7. The first-order valence-corrected chi connectivity index (χ1v) is 8.46. The summed E-state index contributed by atoms with van der Waals surface area (Å²) in [6.45, 7) is 4.08. The summed E-state index contributed by atoms with van der Waals surface area (Å²) >= 11 is 1.55. The van der Waals surface area contributed by atoms with Gasteiger partial charge in [-0.15, -0.1) is 11.3 Å². The molecule has 4 nitrogen and oxygen atoms in total. The molecule has 0 saturated carbocycles. The van der Waals surface area contributed by atoms with Crippen molar-refractivity contribution in [3.8, 4) is 22.5 Å². The quantitative estimate of drug-likeness (QED) is 0.594. The first kappa shape index (κ1) is 14.8. The Morgan fingerprint density at radius 3 is 2.54 bits per heavy atom. The van der Waals surface area contributed by atoms with Crippen LogP contribution in [0.1, 0.15) is 10.4 Å². The van der Waals surface area contributed by atoms with Gasteiger partial charge in [0.25, 0.3) is 5.56 Å². The van der Waals surface area contributed by atoms with E-state index in [0.29, 0.717) is 11.2 Å². The molecule has 0 unspecified atom stereocenters. The number of benzene rings is 1. The molecule has 3 aromatic heterocycles. The molecule has 24 heavy (non-hydrogen) atoms. The van der Waals surface area contributed by atoms with E-state index in [9.17, 15) is 4.79 Å². The summed E-state index contributed by atoms with van der Waals surface area (Å²) in [6, 6.07) is 11.9. The van der Waals surface area contributed by atoms with E-state index in [1.54, 1.807) is 23.7 Å². The summed E-state index contributed by atoms with van der Waals surface area (Å²) in [5, 5.41) is 0.661. The standard InChI is InChI=1S/C19H15N3OS/c1-11-5-7-13(8-6-11)15-12(2)24-19-16(15)18(23)21-17(22-19)14-4-3-9-20-10-14/h3-10H,1-2H3,(H,21,22,23). The molecule has 118 valence electrons. The highest BCUT2D eigenvalue weighted by atomic mass is 32.1. The summed E-state index contributed by atoms with van der Waals surface area (Å²) in [5.41, 5.74) is 3.91. The van der Waals surface area contributed by atoms with Crippen LogP contribution in [-0.4, -0.2) is 15.0 Å². The Balaban J connectivity index is 1.97. The fourth-order valence-electron chi connectivity index (χ4n) is 2.83. The van der Waals surface area contributed by atoms with Crippen molar-refractivity contribution in [1.29, 1.82) is 0 Å². The maximum Gasteiger partial charge on any atom is 0.260 e. The molecule has 0 aliphatic carbocycles. The number of nitrogens with one attached hydrogen (secondary N) is 1. The molecule has 4 rings (SSSR count). The molecule has 3 heterocycles. The number of hydrogen-bond acceptors (Lipinski definition) is 4. The predicted octanol–water partition coefficient (Wildman–Crippen LogP) is 4.33. The fourth-order valence-corrected chi connectivity index (χ4v) is 3.87. The number of rotatable bonds is 2. The van der Waals surface area contributed by atoms with E-state index in [1.165, 1.54) is 5.56 Å². The summed E-state index contributed by atoms with van der Waals surface area (Å²) in [5.74, 6) is 0.553. The third-order valence-electron chi connectivity index (χ3n) is 4.01. The van der Waals surface area contributed by atoms with Gasteiger partial charge in [-0.2, -0.15) is 0 Å². The lowest BCUT2D eigenvalue weighted by Gasteiger charge is -2.03. The highest BCUT2D eigenvalue weighted by Gasteiger charge is 2.17. The molecular weight excluding hydrogens is 318 g/mol. The van der Waals surface area contributed by atoms with Gasteiger partial charge in [-0.1, -0.05) is 29.8 Å². The van der Waals surface area contributed by atoms with Gasteiger partial charge in [-0.25, -0.2) is 4.98 Å². The molecule has 0 fully saturated rings. The number of thiophene rings is 1. The van der Waals surface area contributed by atoms with Crippen LogP contribution in [-0.2, 0) is 0 Å². The van der Waals surface area contributed by atoms with Crippen molar-refractivity contribution >= 4 is 21.6 Å². The Morgan fingerprint density at radius 1 is 1.04 bits per heavy atom. The number of fused-ring (bicyclic) bond motifs is 1. The summed E-state index contributed by atoms with van der Waals surface area (Å²) in [6.07, 6.45) is 3.40. The smallest absolute Gasteiger partial charge is 0.260 e. The van der Waals surface area contributed by atoms with Crippen LogP contribution in [0.5, 0.6) is 0 Å². The first-order chi connectivity index (χ1) is 11.6. The van der Waals surface area contributed by atoms with Crippen LogP contribution < -0.4 is 5.56 Å². The molecule has 0 atom stereocenters. The zero-order valence-electron chi connectivity index (χ0n) is 13.3. The zero-order chi connectivity index (χ0) is 16.7. The molecule has 1 aromatic carbocycles. The maximum absolute atomic E-state index is 12.7. The summed E-state index contributed by atoms with van der Waals surface area (Å²) in [7, 11) is 0. The van der Waals surface area contributed by atoms with Gasteiger partial charge in [0.15, 0.2) is 0 Å². The van der Waals surface area contributed by atoms with Crippen molar-refractivity contribution in [3.05, 3.63) is 69.6 Å². The van der Waals surface area contributed by atoms with Crippen molar-refractivity contribution in [2.45, 2.75) is 13.8 Å². The zero-order valence-corrected chi connectivity index (χ0v) is 14.1. The van der Waals surface area contributed by atoms with Gasteiger partial charge in [0.2, 0.25) is 0 Å². The van der Waals surface area contributed by atoms with Crippen molar-refractivity contribution < 1.29 is 0 Å². The minimum atomic E-state index is -0.112. The molecule has 0 aliphatic heterocycles. The molecule has 0 radical (unpaired) electrons. The molecule has 0 amide bonds. The average molecular weight is 333 g/mol. The first-order valence-electron chi connectivity index (χ1n) is 7.64. The molecule has 1 N–H and O–H groups in total. The highest BCUT2D eigenvalue weighted by molar-refractivity contribution is 7.19. The van der Waals surface area contributed by atoms with Crippen LogP contribution in [0.25, 0.3) is 32.7 Å². The number of aromatic amines is 1. The van der Waals surface area contributed by atoms with Gasteiger partial charge in [0.05, 0.1) is 5.39 Å². The Labute approximate surface area is 142 Å². The predicted molar refractivity (Wildman–Crippen MR) is 98.4 cm³/mol. The minimum Gasteiger partial charge on any atom is -0.306 e. The number of aromatic nitrogens is 3. The number of H-pyrrole nitrogens is 1. The van der Waals surface area contributed by atoms with Gasteiger partial charge in [0, 0.05) is 28.4 Å². The van der Waals surface area contributed by atoms with Crippen LogP contribution >= 0.6 is 11.3 Å². The monoisotopic (exact) mass is 333 g/mol. The molecule has 4 aromatic rings. The van der Waals surface area contributed by atoms with Crippen LogP contribution in [0.4, 0.5) is 0 Å². The van der Waals surface area contributed by atoms with E-state index in [-0.39, 0.29) is 5.56 Å². The number of hydrogen-bond donors (Lipinski definition) is 1. The topological polar surface area (TPSA) is 58.6 Å². The second kappa shape index (κ2) is 5.69. The lowest BCUT2D eigenvalue weighted by Crippen LogP contribution is -2.09. The third-order valence-corrected chi connectivity index (χ3v) is 5.01. The Bertz CT molecular complexity index is 1080. The lowest BCUT2D eigenvalue weighted by molar-refractivity contribution is 1.17. The second-order valence-corrected chi connectivity index (χ2v) is 6.94. The minimum absolute atomic E-state index is 0.112. The summed E-state index contributed by atoms with van der Waals surface area (Å²) < 4.78 is 0.